The molecular weight excluding hydrogens is 402 g/mol. The number of aromatic nitrogens is 2. The Morgan fingerprint density at radius 2 is 1.53 bits per heavy atom. The molecule has 0 fully saturated rings. The van der Waals surface area contributed by atoms with Crippen LogP contribution >= 0.6 is 0 Å². The van der Waals surface area contributed by atoms with Gasteiger partial charge in [-0.1, -0.05) is 57.6 Å². The topological polar surface area (TPSA) is 81.2 Å². The molecule has 172 valence electrons. The van der Waals surface area contributed by atoms with Crippen molar-refractivity contribution in [3.05, 3.63) is 60.4 Å². The first kappa shape index (κ1) is 25.2. The summed E-state index contributed by atoms with van der Waals surface area (Å²) in [4.78, 5) is 32.1. The van der Waals surface area contributed by atoms with Gasteiger partial charge in [-0.15, -0.1) is 0 Å². The summed E-state index contributed by atoms with van der Waals surface area (Å²) >= 11 is 0. The maximum atomic E-state index is 12.2. The van der Waals surface area contributed by atoms with Gasteiger partial charge in [-0.3, -0.25) is 14.8 Å². The van der Waals surface area contributed by atoms with Gasteiger partial charge in [0.1, 0.15) is 0 Å². The predicted octanol–water partition coefficient (Wildman–Crippen LogP) is 5.50. The van der Waals surface area contributed by atoms with Crippen LogP contribution in [-0.2, 0) is 9.53 Å². The molecule has 2 heterocycles. The van der Waals surface area contributed by atoms with Crippen molar-refractivity contribution >= 4 is 11.9 Å². The Morgan fingerprint density at radius 3 is 2.12 bits per heavy atom. The van der Waals surface area contributed by atoms with Crippen LogP contribution in [0.4, 0.5) is 0 Å². The molecule has 0 saturated heterocycles. The van der Waals surface area contributed by atoms with E-state index in [1.165, 1.54) is 32.1 Å². The van der Waals surface area contributed by atoms with Gasteiger partial charge in [-0.2, -0.15) is 0 Å². The van der Waals surface area contributed by atoms with E-state index < -0.39 is 0 Å². The van der Waals surface area contributed by atoms with E-state index in [1.807, 2.05) is 24.3 Å². The highest BCUT2D eigenvalue weighted by Gasteiger charge is 2.07. The summed E-state index contributed by atoms with van der Waals surface area (Å²) in [6, 6.07) is 9.29. The van der Waals surface area contributed by atoms with Crippen molar-refractivity contribution in [3.63, 3.8) is 0 Å². The first-order chi connectivity index (χ1) is 15.6. The number of nitrogens with one attached hydrogen (secondary N) is 1. The third kappa shape index (κ3) is 9.86. The Labute approximate surface area is 191 Å². The minimum Gasteiger partial charge on any atom is -0.462 e. The summed E-state index contributed by atoms with van der Waals surface area (Å²) in [6.45, 7) is 6.40. The average molecular weight is 438 g/mol. The number of hydrogen-bond acceptors (Lipinski definition) is 5. The fraction of sp³-hybridized carbons (Fsp3) is 0.462. The zero-order valence-corrected chi connectivity index (χ0v) is 19.1. The smallest absolute Gasteiger partial charge is 0.333 e. The number of amides is 1. The summed E-state index contributed by atoms with van der Waals surface area (Å²) in [6.07, 6.45) is 13.5. The molecule has 0 aliphatic rings. The van der Waals surface area contributed by atoms with E-state index in [9.17, 15) is 9.59 Å². The van der Waals surface area contributed by atoms with Gasteiger partial charge in [0, 0.05) is 24.5 Å². The second kappa shape index (κ2) is 14.9. The van der Waals surface area contributed by atoms with E-state index in [1.54, 1.807) is 25.4 Å². The lowest BCUT2D eigenvalue weighted by atomic mass is 10.1. The average Bonchev–Trinajstić information content (AvgIpc) is 2.82. The van der Waals surface area contributed by atoms with E-state index in [4.69, 9.17) is 4.74 Å². The second-order valence-electron chi connectivity index (χ2n) is 8.00. The van der Waals surface area contributed by atoms with Crippen LogP contribution in [0, 0.1) is 0 Å². The van der Waals surface area contributed by atoms with Gasteiger partial charge in [-0.25, -0.2) is 4.79 Å². The largest absolute Gasteiger partial charge is 0.462 e. The van der Waals surface area contributed by atoms with Crippen molar-refractivity contribution in [2.45, 2.75) is 64.7 Å². The Bertz CT molecular complexity index is 835. The normalized spacial score (nSPS) is 10.5. The number of rotatable bonds is 15. The third-order valence-corrected chi connectivity index (χ3v) is 5.14. The summed E-state index contributed by atoms with van der Waals surface area (Å²) in [5.74, 6) is -0.379. The van der Waals surface area contributed by atoms with E-state index in [0.29, 0.717) is 24.3 Å². The fourth-order valence-electron chi connectivity index (χ4n) is 3.25. The Kier molecular flexibility index (Phi) is 11.7. The molecule has 0 aliphatic heterocycles. The van der Waals surface area contributed by atoms with Crippen molar-refractivity contribution in [2.75, 3.05) is 13.2 Å². The van der Waals surface area contributed by atoms with Gasteiger partial charge in [0.25, 0.3) is 5.91 Å². The van der Waals surface area contributed by atoms with Crippen molar-refractivity contribution in [1.82, 2.24) is 15.3 Å². The molecular formula is C26H35N3O3. The van der Waals surface area contributed by atoms with Crippen LogP contribution in [-0.4, -0.2) is 35.0 Å². The van der Waals surface area contributed by atoms with Crippen molar-refractivity contribution < 1.29 is 14.3 Å². The Morgan fingerprint density at radius 1 is 0.875 bits per heavy atom. The van der Waals surface area contributed by atoms with Crippen molar-refractivity contribution in [2.24, 2.45) is 0 Å². The standard InChI is InChI=1S/C26H35N3O3/c1-21(2)26(31)32-19-13-9-7-5-3-4-6-8-11-18-28-25(30)22-15-16-24(29-20-22)23-14-10-12-17-27-23/h10,12,14-17,20H,1,3-9,11,13,18-19H2,2H3,(H,28,30). The molecule has 0 unspecified atom stereocenters. The number of carbonyl (C=O) groups excluding carboxylic acids is 2. The maximum Gasteiger partial charge on any atom is 0.333 e. The fourth-order valence-corrected chi connectivity index (χ4v) is 3.25. The molecule has 0 atom stereocenters. The van der Waals surface area contributed by atoms with Crippen LogP contribution in [0.3, 0.4) is 0 Å². The summed E-state index contributed by atoms with van der Waals surface area (Å²) in [5.41, 5.74) is 2.58. The first-order valence-corrected chi connectivity index (χ1v) is 11.6. The molecule has 6 heteroatoms. The van der Waals surface area contributed by atoms with Crippen molar-refractivity contribution in [3.8, 4) is 11.4 Å². The van der Waals surface area contributed by atoms with Gasteiger partial charge in [0.15, 0.2) is 0 Å². The van der Waals surface area contributed by atoms with E-state index in [-0.39, 0.29) is 11.9 Å². The number of ether oxygens (including phenoxy) is 1. The van der Waals surface area contributed by atoms with Crippen LogP contribution in [0.5, 0.6) is 0 Å². The van der Waals surface area contributed by atoms with Crippen molar-refractivity contribution in [1.29, 1.82) is 0 Å². The first-order valence-electron chi connectivity index (χ1n) is 11.6. The molecule has 0 bridgehead atoms. The highest BCUT2D eigenvalue weighted by molar-refractivity contribution is 5.94. The van der Waals surface area contributed by atoms with Crippen LogP contribution < -0.4 is 5.32 Å². The molecule has 0 radical (unpaired) electrons. The number of carbonyl (C=O) groups is 2. The number of pyridine rings is 2. The molecule has 2 aromatic rings. The summed E-state index contributed by atoms with van der Waals surface area (Å²) < 4.78 is 5.08. The molecule has 1 amide bonds. The van der Waals surface area contributed by atoms with Crippen LogP contribution in [0.2, 0.25) is 0 Å². The van der Waals surface area contributed by atoms with Gasteiger partial charge >= 0.3 is 5.97 Å². The molecule has 6 nitrogen and oxygen atoms in total. The molecule has 0 saturated carbocycles. The lowest BCUT2D eigenvalue weighted by Crippen LogP contribution is -2.24. The van der Waals surface area contributed by atoms with Crippen LogP contribution in [0.25, 0.3) is 11.4 Å². The van der Waals surface area contributed by atoms with E-state index >= 15 is 0 Å². The molecule has 32 heavy (non-hydrogen) atoms. The summed E-state index contributed by atoms with van der Waals surface area (Å²) in [7, 11) is 0. The lowest BCUT2D eigenvalue weighted by molar-refractivity contribution is -0.139. The lowest BCUT2D eigenvalue weighted by Gasteiger charge is -2.06. The SMILES string of the molecule is C=C(C)C(=O)OCCCCCCCCCCCNC(=O)c1ccc(-c2ccccn2)nc1. The Balaban J connectivity index is 1.44. The van der Waals surface area contributed by atoms with Gasteiger partial charge < -0.3 is 10.1 Å². The monoisotopic (exact) mass is 437 g/mol. The number of hydrogen-bond donors (Lipinski definition) is 1. The minimum atomic E-state index is -0.295. The molecule has 0 aromatic carbocycles. The zero-order chi connectivity index (χ0) is 23.0. The maximum absolute atomic E-state index is 12.2. The molecule has 2 aromatic heterocycles. The third-order valence-electron chi connectivity index (χ3n) is 5.14. The van der Waals surface area contributed by atoms with Crippen LogP contribution in [0.15, 0.2) is 54.9 Å². The molecule has 0 aliphatic carbocycles. The highest BCUT2D eigenvalue weighted by Crippen LogP contribution is 2.13. The predicted molar refractivity (Wildman–Crippen MR) is 127 cm³/mol. The van der Waals surface area contributed by atoms with Gasteiger partial charge in [-0.05, 0) is 44.0 Å². The van der Waals surface area contributed by atoms with E-state index in [0.717, 1.165) is 37.1 Å². The van der Waals surface area contributed by atoms with E-state index in [2.05, 4.69) is 21.9 Å². The Hall–Kier alpha value is -3.02. The quantitative estimate of drug-likeness (QED) is 0.226. The molecule has 1 N–H and O–H groups in total. The van der Waals surface area contributed by atoms with Gasteiger partial charge in [0.2, 0.25) is 0 Å². The zero-order valence-electron chi connectivity index (χ0n) is 19.1. The number of esters is 1. The second-order valence-corrected chi connectivity index (χ2v) is 8.00. The van der Waals surface area contributed by atoms with Crippen LogP contribution in [0.1, 0.15) is 75.1 Å². The molecule has 2 rings (SSSR count). The number of nitrogens with zero attached hydrogens (tertiary/aromatic N) is 2. The number of unbranched alkanes of at least 4 members (excludes halogenated alkanes) is 8. The highest BCUT2D eigenvalue weighted by atomic mass is 16.5. The summed E-state index contributed by atoms with van der Waals surface area (Å²) in [5, 5.41) is 2.97. The minimum absolute atomic E-state index is 0.0843. The van der Waals surface area contributed by atoms with Gasteiger partial charge in [0.05, 0.1) is 23.6 Å². The molecule has 0 spiro atoms.